The first-order chi connectivity index (χ1) is 24.5. The Morgan fingerprint density at radius 3 is 2.55 bits per heavy atom. The Labute approximate surface area is 298 Å². The summed E-state index contributed by atoms with van der Waals surface area (Å²) in [5.41, 5.74) is 9.22. The monoisotopic (exact) mass is 689 g/mol. The average molecular weight is 690 g/mol. The van der Waals surface area contributed by atoms with E-state index in [1.54, 1.807) is 86.3 Å². The van der Waals surface area contributed by atoms with Crippen LogP contribution in [0.5, 0.6) is 11.5 Å². The summed E-state index contributed by atoms with van der Waals surface area (Å²) in [5.74, 6) is 8.34. The van der Waals surface area contributed by atoms with Gasteiger partial charge < -0.3 is 25.3 Å². The molecule has 3 heterocycles. The summed E-state index contributed by atoms with van der Waals surface area (Å²) in [5, 5.41) is 6.41. The zero-order chi connectivity index (χ0) is 36.4. The summed E-state index contributed by atoms with van der Waals surface area (Å²) in [4.78, 5) is 41.3. The molecule has 0 saturated carbocycles. The molecule has 0 radical (unpaired) electrons. The van der Waals surface area contributed by atoms with E-state index in [9.17, 15) is 9.59 Å². The molecular weight excluding hydrogens is 646 g/mol. The largest absolute Gasteiger partial charge is 0.497 e. The lowest BCUT2D eigenvalue weighted by molar-refractivity contribution is 0.0312. The zero-order valence-electron chi connectivity index (χ0n) is 29.5. The number of hydrogen-bond donors (Lipinski definition) is 3. The molecule has 1 aromatic heterocycles. The predicted molar refractivity (Wildman–Crippen MR) is 199 cm³/mol. The summed E-state index contributed by atoms with van der Waals surface area (Å²) in [6, 6.07) is 17.0. The maximum Gasteiger partial charge on any atom is 0.414 e. The number of aromatic nitrogens is 1. The van der Waals surface area contributed by atoms with Crippen LogP contribution in [-0.4, -0.2) is 72.4 Å². The molecule has 2 amide bonds. The van der Waals surface area contributed by atoms with Crippen LogP contribution >= 0.6 is 0 Å². The van der Waals surface area contributed by atoms with Gasteiger partial charge >= 0.3 is 6.09 Å². The Morgan fingerprint density at radius 2 is 1.84 bits per heavy atom. The number of nitrogens with one attached hydrogen (secondary N) is 2. The van der Waals surface area contributed by atoms with Gasteiger partial charge in [-0.2, -0.15) is 0 Å². The third kappa shape index (κ3) is 9.83. The topological polar surface area (TPSA) is 153 Å². The molecule has 0 bridgehead atoms. The molecule has 0 saturated heterocycles. The lowest BCUT2D eigenvalue weighted by atomic mass is 9.96. The number of pyridine rings is 1. The van der Waals surface area contributed by atoms with Crippen LogP contribution < -0.4 is 25.8 Å². The van der Waals surface area contributed by atoms with Gasteiger partial charge in [-0.25, -0.2) is 14.8 Å². The fraction of sp³-hybridized carbons (Fsp3) is 0.308. The molecule has 3 aromatic rings. The Morgan fingerprint density at radius 1 is 1.06 bits per heavy atom. The Kier molecular flexibility index (Phi) is 11.9. The van der Waals surface area contributed by atoms with Crippen molar-refractivity contribution in [2.75, 3.05) is 26.1 Å². The summed E-state index contributed by atoms with van der Waals surface area (Å²) in [6.45, 7) is 6.10. The van der Waals surface area contributed by atoms with E-state index in [2.05, 4.69) is 27.5 Å². The van der Waals surface area contributed by atoms with Crippen molar-refractivity contribution in [2.45, 2.75) is 57.8 Å². The average Bonchev–Trinajstić information content (AvgIpc) is 3.12. The standard InChI is InChI=1S/C39H43N7O5/c1-39(2,3)51-38(48)46-22-10-11-29(25-46)44-31-12-6-8-21-42-36(43-24-28-18-19-30(49-4)23-32(28)50-5)34(31)35(40)26-14-16-27(17-15-26)37(47)45-33-13-7-9-20-41-33/h7,9-10,13-23,29,31,44H,8,11,24-25,40H2,1-5H3,(H,41,45,47)/t29-,31?/m1/s1. The molecule has 2 aliphatic heterocycles. The molecule has 0 aliphatic carbocycles. The van der Waals surface area contributed by atoms with Crippen LogP contribution in [0.25, 0.3) is 5.70 Å². The van der Waals surface area contributed by atoms with E-state index >= 15 is 0 Å². The number of carbonyl (C=O) groups excluding carboxylic acids is 2. The molecule has 12 nitrogen and oxygen atoms in total. The summed E-state index contributed by atoms with van der Waals surface area (Å²) in [6.07, 6.45) is 7.60. The number of nitrogens with two attached hydrogens (primary N) is 1. The Bertz CT molecular complexity index is 1900. The van der Waals surface area contributed by atoms with Crippen LogP contribution in [0.15, 0.2) is 94.7 Å². The van der Waals surface area contributed by atoms with Gasteiger partial charge in [-0.15, -0.1) is 0 Å². The Balaban J connectivity index is 1.50. The molecule has 5 rings (SSSR count). The van der Waals surface area contributed by atoms with E-state index in [1.165, 1.54) is 0 Å². The van der Waals surface area contributed by atoms with Gasteiger partial charge in [0.1, 0.15) is 29.0 Å². The number of anilines is 1. The number of nitrogens with zero attached hydrogens (tertiary/aromatic N) is 4. The second-order valence-corrected chi connectivity index (χ2v) is 12.8. The molecule has 0 fully saturated rings. The Hall–Kier alpha value is -5.93. The van der Waals surface area contributed by atoms with Gasteiger partial charge in [0, 0.05) is 66.1 Å². The zero-order valence-corrected chi connectivity index (χ0v) is 29.5. The van der Waals surface area contributed by atoms with Gasteiger partial charge in [0.2, 0.25) is 0 Å². The van der Waals surface area contributed by atoms with Crippen LogP contribution in [0.1, 0.15) is 55.1 Å². The number of amides is 2. The molecule has 2 atom stereocenters. The predicted octanol–water partition coefficient (Wildman–Crippen LogP) is 5.58. The highest BCUT2D eigenvalue weighted by atomic mass is 16.6. The van der Waals surface area contributed by atoms with Crippen LogP contribution in [0.2, 0.25) is 0 Å². The molecule has 264 valence electrons. The minimum atomic E-state index is -0.634. The van der Waals surface area contributed by atoms with Crippen molar-refractivity contribution in [3.63, 3.8) is 0 Å². The van der Waals surface area contributed by atoms with Crippen molar-refractivity contribution < 1.29 is 23.8 Å². The van der Waals surface area contributed by atoms with Crippen molar-refractivity contribution >= 4 is 35.6 Å². The third-order valence-electron chi connectivity index (χ3n) is 7.88. The number of hydrogen-bond acceptors (Lipinski definition) is 9. The molecular formula is C39H43N7O5. The molecule has 4 N–H and O–H groups in total. The van der Waals surface area contributed by atoms with Crippen molar-refractivity contribution in [3.05, 3.63) is 101 Å². The summed E-state index contributed by atoms with van der Waals surface area (Å²) in [7, 11) is 3.19. The van der Waals surface area contributed by atoms with Gasteiger partial charge in [0.05, 0.1) is 20.8 Å². The van der Waals surface area contributed by atoms with Crippen molar-refractivity contribution in [3.8, 4) is 23.3 Å². The number of methoxy groups -OCH3 is 2. The molecule has 51 heavy (non-hydrogen) atoms. The minimum Gasteiger partial charge on any atom is -0.497 e. The van der Waals surface area contributed by atoms with Crippen molar-refractivity contribution in [2.24, 2.45) is 15.7 Å². The molecule has 0 spiro atoms. The lowest BCUT2D eigenvalue weighted by Crippen LogP contribution is -2.49. The van der Waals surface area contributed by atoms with Crippen LogP contribution in [-0.2, 0) is 11.3 Å². The first-order valence-electron chi connectivity index (χ1n) is 16.6. The second kappa shape index (κ2) is 16.7. The number of benzene rings is 2. The van der Waals surface area contributed by atoms with Gasteiger partial charge in [-0.05, 0) is 69.2 Å². The quantitative estimate of drug-likeness (QED) is 0.246. The van der Waals surface area contributed by atoms with Gasteiger partial charge in [0.15, 0.2) is 5.84 Å². The van der Waals surface area contributed by atoms with Gasteiger partial charge in [-0.3, -0.25) is 20.0 Å². The van der Waals surface area contributed by atoms with Gasteiger partial charge in [-0.1, -0.05) is 36.1 Å². The third-order valence-corrected chi connectivity index (χ3v) is 7.88. The highest BCUT2D eigenvalue weighted by Crippen LogP contribution is 2.27. The number of amidine groups is 1. The van der Waals surface area contributed by atoms with E-state index in [4.69, 9.17) is 29.9 Å². The number of aliphatic imine (C=N–C) groups is 2. The smallest absolute Gasteiger partial charge is 0.414 e. The maximum absolute atomic E-state index is 12.9. The first-order valence-corrected chi connectivity index (χ1v) is 16.6. The van der Waals surface area contributed by atoms with Gasteiger partial charge in [0.25, 0.3) is 5.91 Å². The van der Waals surface area contributed by atoms with Crippen LogP contribution in [0, 0.1) is 11.8 Å². The maximum atomic E-state index is 12.9. The van der Waals surface area contributed by atoms with E-state index in [0.717, 1.165) is 5.56 Å². The molecule has 12 heteroatoms. The van der Waals surface area contributed by atoms with E-state index in [1.807, 2.05) is 39.0 Å². The first kappa shape index (κ1) is 36.4. The fourth-order valence-electron chi connectivity index (χ4n) is 5.40. The minimum absolute atomic E-state index is 0.186. The number of rotatable bonds is 9. The highest BCUT2D eigenvalue weighted by molar-refractivity contribution is 6.10. The van der Waals surface area contributed by atoms with E-state index in [-0.39, 0.29) is 18.5 Å². The summed E-state index contributed by atoms with van der Waals surface area (Å²) < 4.78 is 16.6. The number of carbonyl (C=O) groups is 2. The normalized spacial score (nSPS) is 18.9. The van der Waals surface area contributed by atoms with Crippen LogP contribution in [0.4, 0.5) is 10.6 Å². The highest BCUT2D eigenvalue weighted by Gasteiger charge is 2.29. The second-order valence-electron chi connectivity index (χ2n) is 12.8. The molecule has 2 aliphatic rings. The van der Waals surface area contributed by atoms with Crippen molar-refractivity contribution in [1.29, 1.82) is 0 Å². The van der Waals surface area contributed by atoms with E-state index < -0.39 is 17.7 Å². The number of ether oxygens (including phenoxy) is 3. The lowest BCUT2D eigenvalue weighted by Gasteiger charge is -2.32. The fourth-order valence-corrected chi connectivity index (χ4v) is 5.40. The summed E-state index contributed by atoms with van der Waals surface area (Å²) >= 11 is 0. The molecule has 1 unspecified atom stereocenters. The SMILES string of the molecule is COc1ccc(CN=C2N=CCC#CC(N[C@@H]3CC=CN(C(=O)OC(C)(C)C)C3)C2=C(N)c2ccc(C(=O)Nc3ccccn3)cc2)c(OC)c1. The van der Waals surface area contributed by atoms with Crippen molar-refractivity contribution in [1.82, 2.24) is 15.2 Å². The van der Waals surface area contributed by atoms with Crippen LogP contribution in [0.3, 0.4) is 0 Å². The van der Waals surface area contributed by atoms with E-state index in [0.29, 0.717) is 64.9 Å². The molecule has 2 aromatic carbocycles.